The fourth-order valence-electron chi connectivity index (χ4n) is 1.98. The highest BCUT2D eigenvalue weighted by molar-refractivity contribution is 7.10. The minimum absolute atomic E-state index is 0.0977. The van der Waals surface area contributed by atoms with Gasteiger partial charge in [-0.3, -0.25) is 4.79 Å². The average molecular weight is 319 g/mol. The number of benzene rings is 1. The molecule has 0 unspecified atom stereocenters. The van der Waals surface area contributed by atoms with E-state index >= 15 is 0 Å². The van der Waals surface area contributed by atoms with Crippen molar-refractivity contribution < 1.29 is 14.6 Å². The highest BCUT2D eigenvalue weighted by atomic mass is 32.1. The van der Waals surface area contributed by atoms with Gasteiger partial charge in [0, 0.05) is 10.4 Å². The van der Waals surface area contributed by atoms with Gasteiger partial charge in [-0.05, 0) is 56.5 Å². The molecule has 1 amide bonds. The van der Waals surface area contributed by atoms with E-state index in [0.717, 1.165) is 10.6 Å². The highest BCUT2D eigenvalue weighted by Gasteiger charge is 2.25. The van der Waals surface area contributed by atoms with Crippen LogP contribution >= 0.6 is 11.3 Å². The average Bonchev–Trinajstić information content (AvgIpc) is 3.00. The second-order valence-electron chi connectivity index (χ2n) is 5.62. The van der Waals surface area contributed by atoms with Crippen molar-refractivity contribution in [3.8, 4) is 5.75 Å². The minimum atomic E-state index is -1.06. The zero-order valence-corrected chi connectivity index (χ0v) is 13.8. The maximum absolute atomic E-state index is 12.1. The lowest BCUT2D eigenvalue weighted by molar-refractivity contribution is 0.0556. The van der Waals surface area contributed by atoms with Crippen molar-refractivity contribution in [1.29, 1.82) is 0 Å². The van der Waals surface area contributed by atoms with Crippen molar-refractivity contribution in [2.24, 2.45) is 0 Å². The SMILES string of the molecule is CC(C)Oc1ccc(C(=O)NC[C@](C)(O)c2cccs2)cc1. The third kappa shape index (κ3) is 4.32. The normalized spacial score (nSPS) is 13.7. The summed E-state index contributed by atoms with van der Waals surface area (Å²) in [6, 6.07) is 10.7. The highest BCUT2D eigenvalue weighted by Crippen LogP contribution is 2.24. The summed E-state index contributed by atoms with van der Waals surface area (Å²) < 4.78 is 5.54. The molecule has 0 spiro atoms. The zero-order chi connectivity index (χ0) is 16.2. The van der Waals surface area contributed by atoms with E-state index in [1.165, 1.54) is 11.3 Å². The summed E-state index contributed by atoms with van der Waals surface area (Å²) in [7, 11) is 0. The van der Waals surface area contributed by atoms with E-state index in [0.29, 0.717) is 5.56 Å². The third-order valence-corrected chi connectivity index (χ3v) is 4.26. The van der Waals surface area contributed by atoms with Crippen LogP contribution in [0.5, 0.6) is 5.75 Å². The molecule has 22 heavy (non-hydrogen) atoms. The molecule has 0 bridgehead atoms. The van der Waals surface area contributed by atoms with Crippen molar-refractivity contribution >= 4 is 17.2 Å². The Morgan fingerprint density at radius 1 is 1.32 bits per heavy atom. The van der Waals surface area contributed by atoms with Crippen molar-refractivity contribution in [3.05, 3.63) is 52.2 Å². The van der Waals surface area contributed by atoms with E-state index in [1.54, 1.807) is 31.2 Å². The number of ether oxygens (including phenoxy) is 1. The molecule has 0 saturated heterocycles. The van der Waals surface area contributed by atoms with Gasteiger partial charge in [0.05, 0.1) is 12.6 Å². The van der Waals surface area contributed by atoms with Gasteiger partial charge in [-0.25, -0.2) is 0 Å². The number of carbonyl (C=O) groups excluding carboxylic acids is 1. The van der Waals surface area contributed by atoms with Crippen LogP contribution in [-0.2, 0) is 5.60 Å². The quantitative estimate of drug-likeness (QED) is 0.860. The van der Waals surface area contributed by atoms with Gasteiger partial charge in [0.15, 0.2) is 0 Å². The lowest BCUT2D eigenvalue weighted by atomic mass is 10.1. The zero-order valence-electron chi connectivity index (χ0n) is 13.0. The molecule has 2 rings (SSSR count). The van der Waals surface area contributed by atoms with Gasteiger partial charge in [0.1, 0.15) is 11.4 Å². The molecular weight excluding hydrogens is 298 g/mol. The van der Waals surface area contributed by atoms with Crippen molar-refractivity contribution in [2.75, 3.05) is 6.54 Å². The van der Waals surface area contributed by atoms with Gasteiger partial charge in [0.2, 0.25) is 0 Å². The van der Waals surface area contributed by atoms with Gasteiger partial charge < -0.3 is 15.2 Å². The summed E-state index contributed by atoms with van der Waals surface area (Å²) in [5.41, 5.74) is -0.525. The molecular formula is C17H21NO3S. The monoisotopic (exact) mass is 319 g/mol. The summed E-state index contributed by atoms with van der Waals surface area (Å²) in [5.74, 6) is 0.519. The van der Waals surface area contributed by atoms with Crippen LogP contribution in [0.2, 0.25) is 0 Å². The molecule has 0 aliphatic carbocycles. The van der Waals surface area contributed by atoms with E-state index < -0.39 is 5.60 Å². The number of rotatable bonds is 6. The summed E-state index contributed by atoms with van der Waals surface area (Å²) in [6.45, 7) is 5.76. The van der Waals surface area contributed by atoms with Crippen LogP contribution in [0.1, 0.15) is 36.0 Å². The van der Waals surface area contributed by atoms with Gasteiger partial charge in [-0.2, -0.15) is 0 Å². The van der Waals surface area contributed by atoms with Crippen LogP contribution in [0.25, 0.3) is 0 Å². The van der Waals surface area contributed by atoms with Crippen LogP contribution in [0.15, 0.2) is 41.8 Å². The first kappa shape index (κ1) is 16.5. The summed E-state index contributed by atoms with van der Waals surface area (Å²) >= 11 is 1.47. The van der Waals surface area contributed by atoms with E-state index in [-0.39, 0.29) is 18.6 Å². The number of amides is 1. The van der Waals surface area contributed by atoms with Crippen LogP contribution in [0, 0.1) is 0 Å². The Hall–Kier alpha value is -1.85. The number of aliphatic hydroxyl groups is 1. The summed E-state index contributed by atoms with van der Waals surface area (Å²) in [5, 5.41) is 15.1. The Balaban J connectivity index is 1.95. The first-order valence-corrected chi connectivity index (χ1v) is 8.08. The molecule has 118 valence electrons. The predicted octanol–water partition coefficient (Wildman–Crippen LogP) is 3.17. The number of nitrogens with one attached hydrogen (secondary N) is 1. The van der Waals surface area contributed by atoms with Crippen molar-refractivity contribution in [3.63, 3.8) is 0 Å². The second-order valence-corrected chi connectivity index (χ2v) is 6.57. The largest absolute Gasteiger partial charge is 0.491 e. The Labute approximate surface area is 134 Å². The fourth-order valence-corrected chi connectivity index (χ4v) is 2.77. The molecule has 4 nitrogen and oxygen atoms in total. The molecule has 2 N–H and O–H groups in total. The number of hydrogen-bond donors (Lipinski definition) is 2. The van der Waals surface area contributed by atoms with Gasteiger partial charge in [0.25, 0.3) is 5.91 Å². The van der Waals surface area contributed by atoms with Gasteiger partial charge >= 0.3 is 0 Å². The lowest BCUT2D eigenvalue weighted by Crippen LogP contribution is -2.38. The Kier molecular flexibility index (Phi) is 5.21. The standard InChI is InChI=1S/C17H21NO3S/c1-12(2)21-14-8-6-13(7-9-14)16(19)18-11-17(3,20)15-5-4-10-22-15/h4-10,12,20H,11H2,1-3H3,(H,18,19)/t17-/m0/s1. The molecule has 0 radical (unpaired) electrons. The van der Waals surface area contributed by atoms with Gasteiger partial charge in [-0.15, -0.1) is 11.3 Å². The number of thiophene rings is 1. The van der Waals surface area contributed by atoms with E-state index in [2.05, 4.69) is 5.32 Å². The Morgan fingerprint density at radius 2 is 2.00 bits per heavy atom. The van der Waals surface area contributed by atoms with Crippen LogP contribution < -0.4 is 10.1 Å². The molecule has 0 saturated carbocycles. The maximum atomic E-state index is 12.1. The smallest absolute Gasteiger partial charge is 0.251 e. The van der Waals surface area contributed by atoms with Gasteiger partial charge in [-0.1, -0.05) is 6.07 Å². The van der Waals surface area contributed by atoms with E-state index in [4.69, 9.17) is 4.74 Å². The van der Waals surface area contributed by atoms with Crippen LogP contribution in [0.4, 0.5) is 0 Å². The number of hydrogen-bond acceptors (Lipinski definition) is 4. The van der Waals surface area contributed by atoms with Crippen molar-refractivity contribution in [2.45, 2.75) is 32.5 Å². The third-order valence-electron chi connectivity index (χ3n) is 3.13. The molecule has 1 aromatic carbocycles. The van der Waals surface area contributed by atoms with Crippen LogP contribution in [0.3, 0.4) is 0 Å². The molecule has 2 aromatic rings. The lowest BCUT2D eigenvalue weighted by Gasteiger charge is -2.22. The molecule has 0 aliphatic rings. The maximum Gasteiger partial charge on any atom is 0.251 e. The van der Waals surface area contributed by atoms with Crippen LogP contribution in [-0.4, -0.2) is 23.7 Å². The molecule has 1 atom stereocenters. The Morgan fingerprint density at radius 3 is 2.55 bits per heavy atom. The number of carbonyl (C=O) groups is 1. The second kappa shape index (κ2) is 6.94. The molecule has 0 fully saturated rings. The first-order valence-electron chi connectivity index (χ1n) is 7.20. The Bertz CT molecular complexity index is 603. The molecule has 0 aliphatic heterocycles. The topological polar surface area (TPSA) is 58.6 Å². The van der Waals surface area contributed by atoms with E-state index in [1.807, 2.05) is 31.4 Å². The molecule has 5 heteroatoms. The predicted molar refractivity (Wildman–Crippen MR) is 88.4 cm³/mol. The molecule has 1 aromatic heterocycles. The van der Waals surface area contributed by atoms with Crippen molar-refractivity contribution in [1.82, 2.24) is 5.32 Å². The summed E-state index contributed by atoms with van der Waals surface area (Å²) in [4.78, 5) is 13.0. The fraction of sp³-hybridized carbons (Fsp3) is 0.353. The summed E-state index contributed by atoms with van der Waals surface area (Å²) in [6.07, 6.45) is 0.0977. The first-order chi connectivity index (χ1) is 10.4. The van der Waals surface area contributed by atoms with E-state index in [9.17, 15) is 9.90 Å². The molecule has 1 heterocycles. The minimum Gasteiger partial charge on any atom is -0.491 e.